The minimum Gasteiger partial charge on any atom is -0.496 e. The van der Waals surface area contributed by atoms with Gasteiger partial charge in [-0.05, 0) is 52.4 Å². The van der Waals surface area contributed by atoms with Crippen molar-refractivity contribution in [1.82, 2.24) is 4.90 Å². The largest absolute Gasteiger partial charge is 0.496 e. The van der Waals surface area contributed by atoms with E-state index in [1.54, 1.807) is 25.3 Å². The van der Waals surface area contributed by atoms with Crippen molar-refractivity contribution in [2.24, 2.45) is 0 Å². The van der Waals surface area contributed by atoms with Crippen LogP contribution in [0.3, 0.4) is 0 Å². The molecule has 0 aromatic heterocycles. The highest BCUT2D eigenvalue weighted by Gasteiger charge is 2.15. The monoisotopic (exact) mass is 489 g/mol. The standard InChI is InChI=1S/C30H35NO5/c1-21(2)24-7-9-28(34-3)27(17-24)20-31-11-12-35-13-14-36-29-10-8-25(30(32)33)18-26(29)16-22-5-4-6-23(15-22)19-31/h4-10,15,17-18,21H,11-14,16,19-20H2,1-3H3,(H,32,33). The van der Waals surface area contributed by atoms with Gasteiger partial charge < -0.3 is 19.3 Å². The molecule has 0 atom stereocenters. The zero-order valence-electron chi connectivity index (χ0n) is 21.3. The third kappa shape index (κ3) is 6.65. The third-order valence-corrected chi connectivity index (χ3v) is 6.50. The smallest absolute Gasteiger partial charge is 0.335 e. The van der Waals surface area contributed by atoms with E-state index in [4.69, 9.17) is 14.2 Å². The Balaban J connectivity index is 1.62. The first-order valence-corrected chi connectivity index (χ1v) is 12.5. The molecule has 3 aromatic rings. The van der Waals surface area contributed by atoms with E-state index in [0.717, 1.165) is 36.5 Å². The minimum absolute atomic E-state index is 0.259. The average molecular weight is 490 g/mol. The Labute approximate surface area is 213 Å². The van der Waals surface area contributed by atoms with Crippen LogP contribution in [-0.4, -0.2) is 49.5 Å². The number of hydrogen-bond acceptors (Lipinski definition) is 5. The molecule has 0 saturated carbocycles. The number of rotatable bonds is 5. The van der Waals surface area contributed by atoms with Crippen LogP contribution in [0.2, 0.25) is 0 Å². The minimum atomic E-state index is -0.943. The fourth-order valence-corrected chi connectivity index (χ4v) is 4.55. The summed E-state index contributed by atoms with van der Waals surface area (Å²) in [4.78, 5) is 13.9. The van der Waals surface area contributed by atoms with E-state index in [1.807, 2.05) is 0 Å². The molecule has 190 valence electrons. The quantitative estimate of drug-likeness (QED) is 0.509. The van der Waals surface area contributed by atoms with Gasteiger partial charge in [0.2, 0.25) is 0 Å². The summed E-state index contributed by atoms with van der Waals surface area (Å²) in [6.07, 6.45) is 0.593. The first-order valence-electron chi connectivity index (χ1n) is 12.5. The fraction of sp³-hybridized carbons (Fsp3) is 0.367. The molecule has 1 aliphatic heterocycles. The Kier molecular flexibility index (Phi) is 8.62. The van der Waals surface area contributed by atoms with E-state index in [1.165, 1.54) is 16.7 Å². The summed E-state index contributed by atoms with van der Waals surface area (Å²) in [6.45, 7) is 8.15. The molecule has 3 aromatic carbocycles. The normalized spacial score (nSPS) is 15.0. The second-order valence-electron chi connectivity index (χ2n) is 9.52. The average Bonchev–Trinajstić information content (AvgIpc) is 2.86. The second kappa shape index (κ2) is 12.1. The summed E-state index contributed by atoms with van der Waals surface area (Å²) in [5, 5.41) is 9.46. The number of benzene rings is 3. The van der Waals surface area contributed by atoms with Gasteiger partial charge in [-0.15, -0.1) is 0 Å². The molecule has 6 heteroatoms. The predicted octanol–water partition coefficient (Wildman–Crippen LogP) is 5.52. The van der Waals surface area contributed by atoms with Crippen LogP contribution in [-0.2, 0) is 24.2 Å². The zero-order valence-corrected chi connectivity index (χ0v) is 21.3. The van der Waals surface area contributed by atoms with Crippen molar-refractivity contribution in [1.29, 1.82) is 0 Å². The van der Waals surface area contributed by atoms with Crippen molar-refractivity contribution < 1.29 is 24.1 Å². The Morgan fingerprint density at radius 2 is 1.86 bits per heavy atom. The highest BCUT2D eigenvalue weighted by Crippen LogP contribution is 2.27. The molecule has 0 aliphatic carbocycles. The van der Waals surface area contributed by atoms with Gasteiger partial charge in [0.15, 0.2) is 0 Å². The first-order chi connectivity index (χ1) is 17.4. The summed E-state index contributed by atoms with van der Waals surface area (Å²) in [6, 6.07) is 19.9. The molecule has 1 N–H and O–H groups in total. The van der Waals surface area contributed by atoms with Gasteiger partial charge in [-0.3, -0.25) is 4.90 Å². The highest BCUT2D eigenvalue weighted by molar-refractivity contribution is 5.88. The molecular weight excluding hydrogens is 454 g/mol. The summed E-state index contributed by atoms with van der Waals surface area (Å²) in [5.41, 5.74) is 5.89. The third-order valence-electron chi connectivity index (χ3n) is 6.50. The van der Waals surface area contributed by atoms with Crippen LogP contribution in [0, 0.1) is 0 Å². The molecule has 36 heavy (non-hydrogen) atoms. The van der Waals surface area contributed by atoms with E-state index >= 15 is 0 Å². The van der Waals surface area contributed by atoms with E-state index in [-0.39, 0.29) is 5.56 Å². The van der Waals surface area contributed by atoms with Crippen molar-refractivity contribution in [2.45, 2.75) is 39.3 Å². The molecule has 0 saturated heterocycles. The van der Waals surface area contributed by atoms with Crippen LogP contribution in [0.1, 0.15) is 57.9 Å². The number of carboxylic acids is 1. The predicted molar refractivity (Wildman–Crippen MR) is 140 cm³/mol. The Morgan fingerprint density at radius 3 is 2.64 bits per heavy atom. The van der Waals surface area contributed by atoms with Crippen molar-refractivity contribution in [3.05, 3.63) is 94.0 Å². The van der Waals surface area contributed by atoms with Crippen LogP contribution in [0.15, 0.2) is 60.7 Å². The summed E-state index contributed by atoms with van der Waals surface area (Å²) in [5.74, 6) is 1.10. The summed E-state index contributed by atoms with van der Waals surface area (Å²) >= 11 is 0. The zero-order chi connectivity index (χ0) is 25.5. The Bertz CT molecular complexity index is 1190. The number of carbonyl (C=O) groups is 1. The number of aromatic carboxylic acids is 1. The molecule has 0 spiro atoms. The molecule has 1 heterocycles. The SMILES string of the molecule is COc1ccc(C(C)C)cc1CN1CCOCCOc2ccc(C(=O)O)cc2Cc2cccc(c2)C1. The van der Waals surface area contributed by atoms with Gasteiger partial charge in [-0.1, -0.05) is 50.2 Å². The number of nitrogens with zero attached hydrogens (tertiary/aromatic N) is 1. The van der Waals surface area contributed by atoms with Crippen LogP contribution in [0.25, 0.3) is 0 Å². The molecule has 0 amide bonds. The summed E-state index contributed by atoms with van der Waals surface area (Å²) in [7, 11) is 1.72. The van der Waals surface area contributed by atoms with Gasteiger partial charge in [-0.2, -0.15) is 0 Å². The Hall–Kier alpha value is -3.35. The van der Waals surface area contributed by atoms with Gasteiger partial charge >= 0.3 is 5.97 Å². The molecule has 4 rings (SSSR count). The van der Waals surface area contributed by atoms with Crippen molar-refractivity contribution in [3.63, 3.8) is 0 Å². The molecule has 6 nitrogen and oxygen atoms in total. The fourth-order valence-electron chi connectivity index (χ4n) is 4.55. The van der Waals surface area contributed by atoms with Gasteiger partial charge in [-0.25, -0.2) is 4.79 Å². The van der Waals surface area contributed by atoms with Crippen molar-refractivity contribution in [3.8, 4) is 11.5 Å². The molecule has 2 bridgehead atoms. The lowest BCUT2D eigenvalue weighted by molar-refractivity contribution is 0.0695. The van der Waals surface area contributed by atoms with Gasteiger partial charge in [0, 0.05) is 31.6 Å². The first kappa shape index (κ1) is 25.7. The van der Waals surface area contributed by atoms with E-state index in [0.29, 0.717) is 37.9 Å². The maximum Gasteiger partial charge on any atom is 0.335 e. The maximum atomic E-state index is 11.5. The molecule has 0 fully saturated rings. The molecule has 1 aliphatic rings. The van der Waals surface area contributed by atoms with Gasteiger partial charge in [0.1, 0.15) is 18.1 Å². The Morgan fingerprint density at radius 1 is 1.03 bits per heavy atom. The van der Waals surface area contributed by atoms with E-state index in [2.05, 4.69) is 61.2 Å². The highest BCUT2D eigenvalue weighted by atomic mass is 16.5. The van der Waals surface area contributed by atoms with Crippen LogP contribution >= 0.6 is 0 Å². The molecule has 0 unspecified atom stereocenters. The number of hydrogen-bond donors (Lipinski definition) is 1. The molecule has 0 radical (unpaired) electrons. The van der Waals surface area contributed by atoms with Crippen molar-refractivity contribution >= 4 is 5.97 Å². The van der Waals surface area contributed by atoms with Crippen LogP contribution < -0.4 is 9.47 Å². The van der Waals surface area contributed by atoms with E-state index in [9.17, 15) is 9.90 Å². The number of fused-ring (bicyclic) bond motifs is 3. The lowest BCUT2D eigenvalue weighted by atomic mass is 9.99. The lowest BCUT2D eigenvalue weighted by Crippen LogP contribution is -2.28. The van der Waals surface area contributed by atoms with E-state index < -0.39 is 5.97 Å². The van der Waals surface area contributed by atoms with Crippen molar-refractivity contribution in [2.75, 3.05) is 33.5 Å². The summed E-state index contributed by atoms with van der Waals surface area (Å²) < 4.78 is 17.6. The maximum absolute atomic E-state index is 11.5. The topological polar surface area (TPSA) is 68.2 Å². The van der Waals surface area contributed by atoms with Gasteiger partial charge in [0.05, 0.1) is 25.9 Å². The van der Waals surface area contributed by atoms with Gasteiger partial charge in [0.25, 0.3) is 0 Å². The molecular formula is C30H35NO5. The second-order valence-corrected chi connectivity index (χ2v) is 9.52. The lowest BCUT2D eigenvalue weighted by Gasteiger charge is -2.25. The van der Waals surface area contributed by atoms with Crippen LogP contribution in [0.5, 0.6) is 11.5 Å². The number of carboxylic acid groups (broad SMARTS) is 1. The number of ether oxygens (including phenoxy) is 3. The van der Waals surface area contributed by atoms with Crippen LogP contribution in [0.4, 0.5) is 0 Å². The number of methoxy groups -OCH3 is 1.